The molecule has 7 heteroatoms. The molecule has 1 fully saturated rings. The van der Waals surface area contributed by atoms with Crippen LogP contribution in [-0.4, -0.2) is 39.0 Å². The van der Waals surface area contributed by atoms with Crippen LogP contribution < -0.4 is 10.6 Å². The second kappa shape index (κ2) is 7.91. The second-order valence-corrected chi connectivity index (χ2v) is 7.79. The molecule has 1 saturated heterocycles. The van der Waals surface area contributed by atoms with E-state index in [0.29, 0.717) is 5.16 Å². The summed E-state index contributed by atoms with van der Waals surface area (Å²) >= 11 is 1.40. The number of thioether (sulfide) groups is 1. The molecule has 6 nitrogen and oxygen atoms in total. The van der Waals surface area contributed by atoms with Gasteiger partial charge < -0.3 is 10.6 Å². The highest BCUT2D eigenvalue weighted by molar-refractivity contribution is 8.00. The number of hydrogen-bond donors (Lipinski definition) is 1. The van der Waals surface area contributed by atoms with Gasteiger partial charge in [-0.3, -0.25) is 9.36 Å². The monoisotopic (exact) mass is 359 g/mol. The van der Waals surface area contributed by atoms with Gasteiger partial charge in [0.2, 0.25) is 11.9 Å². The fourth-order valence-electron chi connectivity index (χ4n) is 3.08. The van der Waals surface area contributed by atoms with E-state index >= 15 is 0 Å². The molecule has 1 aromatic heterocycles. The Kier molecular flexibility index (Phi) is 5.63. The summed E-state index contributed by atoms with van der Waals surface area (Å²) in [6.07, 6.45) is 3.59. The first-order chi connectivity index (χ1) is 12.1. The zero-order chi connectivity index (χ0) is 17.8. The lowest BCUT2D eigenvalue weighted by atomic mass is 10.1. The summed E-state index contributed by atoms with van der Waals surface area (Å²) in [6, 6.07) is 10.1. The van der Waals surface area contributed by atoms with E-state index in [1.54, 1.807) is 0 Å². The van der Waals surface area contributed by atoms with Gasteiger partial charge in [-0.05, 0) is 37.3 Å². The van der Waals surface area contributed by atoms with Crippen LogP contribution in [0, 0.1) is 5.92 Å². The van der Waals surface area contributed by atoms with Gasteiger partial charge in [0.15, 0.2) is 5.16 Å². The Morgan fingerprint density at radius 1 is 1.12 bits per heavy atom. The number of carbonyl (C=O) groups is 1. The van der Waals surface area contributed by atoms with Crippen LogP contribution in [0.1, 0.15) is 33.1 Å². The molecule has 1 aliphatic rings. The van der Waals surface area contributed by atoms with Crippen LogP contribution in [0.5, 0.6) is 0 Å². The molecule has 2 aromatic rings. The van der Waals surface area contributed by atoms with E-state index in [1.165, 1.54) is 31.0 Å². The van der Waals surface area contributed by atoms with Crippen molar-refractivity contribution in [1.29, 1.82) is 0 Å². The van der Waals surface area contributed by atoms with Crippen LogP contribution in [0.4, 0.5) is 5.95 Å². The summed E-state index contributed by atoms with van der Waals surface area (Å²) < 4.78 is 2.05. The second-order valence-electron chi connectivity index (χ2n) is 6.69. The van der Waals surface area contributed by atoms with E-state index in [0.717, 1.165) is 24.7 Å². The molecule has 1 aliphatic heterocycles. The van der Waals surface area contributed by atoms with Crippen molar-refractivity contribution in [2.75, 3.05) is 18.0 Å². The Hall–Kier alpha value is -2.02. The maximum atomic E-state index is 11.8. The van der Waals surface area contributed by atoms with Gasteiger partial charge in [0.25, 0.3) is 0 Å². The fraction of sp³-hybridized carbons (Fsp3) is 0.500. The lowest BCUT2D eigenvalue weighted by Gasteiger charge is -2.28. The summed E-state index contributed by atoms with van der Waals surface area (Å²) in [6.45, 7) is 5.96. The number of aromatic nitrogens is 3. The number of carbonyl (C=O) groups excluding carboxylic acids is 1. The lowest BCUT2D eigenvalue weighted by molar-refractivity contribution is -0.118. The molecule has 0 saturated carbocycles. The largest absolute Gasteiger partial charge is 0.369 e. The standard InChI is InChI=1S/C18H25N5OS/c1-13(2)15(16(19)24)25-18-21-20-17(22-11-7-4-8-12-22)23(18)14-9-5-3-6-10-14/h3,5-6,9-10,13,15H,4,7-8,11-12H2,1-2H3,(H2,19,24). The van der Waals surface area contributed by atoms with E-state index in [2.05, 4.69) is 15.1 Å². The van der Waals surface area contributed by atoms with E-state index in [9.17, 15) is 4.79 Å². The molecular formula is C18H25N5OS. The maximum absolute atomic E-state index is 11.8. The van der Waals surface area contributed by atoms with Crippen LogP contribution >= 0.6 is 11.8 Å². The van der Waals surface area contributed by atoms with E-state index < -0.39 is 0 Å². The van der Waals surface area contributed by atoms with Gasteiger partial charge in [-0.1, -0.05) is 43.8 Å². The lowest BCUT2D eigenvalue weighted by Crippen LogP contribution is -2.32. The van der Waals surface area contributed by atoms with Crippen LogP contribution in [0.3, 0.4) is 0 Å². The quantitative estimate of drug-likeness (QED) is 0.803. The molecule has 2 heterocycles. The summed E-state index contributed by atoms with van der Waals surface area (Å²) in [5.41, 5.74) is 6.60. The van der Waals surface area contributed by atoms with Gasteiger partial charge in [0, 0.05) is 13.1 Å². The predicted octanol–water partition coefficient (Wildman–Crippen LogP) is 2.86. The molecule has 0 spiro atoms. The van der Waals surface area contributed by atoms with Gasteiger partial charge in [-0.25, -0.2) is 0 Å². The molecule has 134 valence electrons. The average molecular weight is 359 g/mol. The number of para-hydroxylation sites is 1. The number of anilines is 1. The molecule has 25 heavy (non-hydrogen) atoms. The number of hydrogen-bond acceptors (Lipinski definition) is 5. The first-order valence-electron chi connectivity index (χ1n) is 8.79. The number of amides is 1. The van der Waals surface area contributed by atoms with Gasteiger partial charge in [0.1, 0.15) is 0 Å². The van der Waals surface area contributed by atoms with Crippen molar-refractivity contribution >= 4 is 23.6 Å². The van der Waals surface area contributed by atoms with Gasteiger partial charge in [-0.2, -0.15) is 0 Å². The van der Waals surface area contributed by atoms with Crippen LogP contribution in [0.25, 0.3) is 5.69 Å². The predicted molar refractivity (Wildman–Crippen MR) is 101 cm³/mol. The number of nitrogens with zero attached hydrogens (tertiary/aromatic N) is 4. The highest BCUT2D eigenvalue weighted by Crippen LogP contribution is 2.32. The molecular weight excluding hydrogens is 334 g/mol. The molecule has 0 aliphatic carbocycles. The smallest absolute Gasteiger partial charge is 0.232 e. The topological polar surface area (TPSA) is 77.0 Å². The normalized spacial score (nSPS) is 16.2. The van der Waals surface area contributed by atoms with E-state index in [1.807, 2.05) is 48.7 Å². The maximum Gasteiger partial charge on any atom is 0.232 e. The van der Waals surface area contributed by atoms with Crippen molar-refractivity contribution in [3.8, 4) is 5.69 Å². The van der Waals surface area contributed by atoms with Gasteiger partial charge in [0.05, 0.1) is 10.9 Å². The van der Waals surface area contributed by atoms with E-state index in [4.69, 9.17) is 5.73 Å². The fourth-order valence-corrected chi connectivity index (χ4v) is 4.07. The third-order valence-corrected chi connectivity index (χ3v) is 5.89. The van der Waals surface area contributed by atoms with E-state index in [-0.39, 0.29) is 17.1 Å². The Morgan fingerprint density at radius 2 is 1.80 bits per heavy atom. The van der Waals surface area contributed by atoms with Crippen molar-refractivity contribution in [3.63, 3.8) is 0 Å². The zero-order valence-corrected chi connectivity index (χ0v) is 15.6. The molecule has 3 rings (SSSR count). The Morgan fingerprint density at radius 3 is 2.40 bits per heavy atom. The molecule has 1 aromatic carbocycles. The molecule has 2 N–H and O–H groups in total. The Bertz CT molecular complexity index is 710. The number of primary amides is 1. The van der Waals surface area contributed by atoms with Crippen molar-refractivity contribution in [3.05, 3.63) is 30.3 Å². The minimum atomic E-state index is -0.333. The van der Waals surface area contributed by atoms with Gasteiger partial charge >= 0.3 is 0 Å². The molecule has 1 unspecified atom stereocenters. The Balaban J connectivity index is 2.00. The summed E-state index contributed by atoms with van der Waals surface area (Å²) in [4.78, 5) is 14.1. The summed E-state index contributed by atoms with van der Waals surface area (Å²) in [5, 5.41) is 9.23. The minimum absolute atomic E-state index is 0.127. The minimum Gasteiger partial charge on any atom is -0.369 e. The molecule has 1 atom stereocenters. The SMILES string of the molecule is CC(C)C(Sc1nnc(N2CCCCC2)n1-c1ccccc1)C(N)=O. The Labute approximate surface area is 152 Å². The highest BCUT2D eigenvalue weighted by Gasteiger charge is 2.27. The number of nitrogens with two attached hydrogens (primary N) is 1. The molecule has 1 amide bonds. The summed E-state index contributed by atoms with van der Waals surface area (Å²) in [5.74, 6) is 0.657. The summed E-state index contributed by atoms with van der Waals surface area (Å²) in [7, 11) is 0. The zero-order valence-electron chi connectivity index (χ0n) is 14.8. The third-order valence-electron chi connectivity index (χ3n) is 4.39. The number of benzene rings is 1. The molecule has 0 radical (unpaired) electrons. The van der Waals surface area contributed by atoms with Crippen molar-refractivity contribution in [2.45, 2.75) is 43.5 Å². The first kappa shape index (κ1) is 17.8. The van der Waals surface area contributed by atoms with Crippen LogP contribution in [0.2, 0.25) is 0 Å². The van der Waals surface area contributed by atoms with Crippen LogP contribution in [0.15, 0.2) is 35.5 Å². The first-order valence-corrected chi connectivity index (χ1v) is 9.67. The van der Waals surface area contributed by atoms with Crippen molar-refractivity contribution in [2.24, 2.45) is 11.7 Å². The highest BCUT2D eigenvalue weighted by atomic mass is 32.2. The van der Waals surface area contributed by atoms with Crippen molar-refractivity contribution in [1.82, 2.24) is 14.8 Å². The number of piperidine rings is 1. The third kappa shape index (κ3) is 3.98. The van der Waals surface area contributed by atoms with Gasteiger partial charge in [-0.15, -0.1) is 10.2 Å². The molecule has 0 bridgehead atoms. The van der Waals surface area contributed by atoms with Crippen LogP contribution in [-0.2, 0) is 4.79 Å². The van der Waals surface area contributed by atoms with Crippen molar-refractivity contribution < 1.29 is 4.79 Å². The average Bonchev–Trinajstić information content (AvgIpc) is 3.04. The number of rotatable bonds is 6.